The number of nitrogens with zero attached hydrogens (tertiary/aromatic N) is 2. The molecule has 0 atom stereocenters. The summed E-state index contributed by atoms with van der Waals surface area (Å²) in [7, 11) is 0. The fourth-order valence-corrected chi connectivity index (χ4v) is 2.28. The molecule has 0 aliphatic heterocycles. The van der Waals surface area contributed by atoms with Gasteiger partial charge in [0.05, 0.1) is 25.2 Å². The predicted molar refractivity (Wildman–Crippen MR) is 125 cm³/mol. The van der Waals surface area contributed by atoms with E-state index >= 15 is 0 Å². The fourth-order valence-electron chi connectivity index (χ4n) is 2.28. The molecule has 0 amide bonds. The Balaban J connectivity index is 0.000000465. The van der Waals surface area contributed by atoms with Crippen LogP contribution in [0.2, 0.25) is 0 Å². The molecule has 4 aromatic rings. The summed E-state index contributed by atoms with van der Waals surface area (Å²) in [5.41, 5.74) is 1.35. The van der Waals surface area contributed by atoms with E-state index in [1.54, 1.807) is 49.1 Å². The van der Waals surface area contributed by atoms with Gasteiger partial charge in [-0.3, -0.25) is 9.97 Å². The van der Waals surface area contributed by atoms with Crippen LogP contribution in [-0.2, 0) is 30.3 Å². The number of hydrogen-bond acceptors (Lipinski definition) is 10. The number of aromatic nitrogens is 2. The molecule has 0 fully saturated rings. The molecule has 0 saturated heterocycles. The molecule has 0 unspecified atom stereocenters. The van der Waals surface area contributed by atoms with Gasteiger partial charge in [-0.1, -0.05) is 36.4 Å². The smallest absolute Gasteiger partial charge is 0.545 e. The maximum absolute atomic E-state index is 10.2. The van der Waals surface area contributed by atoms with Crippen LogP contribution < -0.4 is 10.2 Å². The summed E-state index contributed by atoms with van der Waals surface area (Å²) in [6.45, 7) is 0.154. The number of aromatic carboxylic acids is 2. The zero-order valence-electron chi connectivity index (χ0n) is 19.3. The molecule has 2 aromatic heterocycles. The van der Waals surface area contributed by atoms with E-state index in [0.717, 1.165) is 11.1 Å². The van der Waals surface area contributed by atoms with Crippen molar-refractivity contribution in [3.63, 3.8) is 0 Å². The number of aromatic hydroxyl groups is 2. The number of carbonyl (C=O) groups excluding carboxylic acids is 2. The fraction of sp³-hybridized carbons (Fsp3) is 0.0769. The summed E-state index contributed by atoms with van der Waals surface area (Å²) in [5.74, 6) is -3.25. The van der Waals surface area contributed by atoms with E-state index in [9.17, 15) is 19.8 Å². The summed E-state index contributed by atoms with van der Waals surface area (Å²) in [6.07, 6.45) is 6.64. The first-order valence-electron chi connectivity index (χ1n) is 10.3. The Labute approximate surface area is 223 Å². The van der Waals surface area contributed by atoms with E-state index in [2.05, 4.69) is 9.97 Å². The van der Waals surface area contributed by atoms with Crippen molar-refractivity contribution in [1.82, 2.24) is 9.97 Å². The van der Waals surface area contributed by atoms with Crippen LogP contribution in [0.4, 0.5) is 0 Å². The van der Waals surface area contributed by atoms with Gasteiger partial charge in [-0.2, -0.15) is 0 Å². The minimum Gasteiger partial charge on any atom is -0.545 e. The number of para-hydroxylation sites is 2. The normalized spacial score (nSPS) is 8.92. The van der Waals surface area contributed by atoms with Crippen molar-refractivity contribution in [2.24, 2.45) is 0 Å². The number of carboxylic acids is 2. The molecule has 0 bridgehead atoms. The van der Waals surface area contributed by atoms with Crippen LogP contribution in [0.1, 0.15) is 31.8 Å². The van der Waals surface area contributed by atoms with Crippen LogP contribution in [-0.4, -0.2) is 42.3 Å². The molecule has 197 valence electrons. The molecule has 0 spiro atoms. The van der Waals surface area contributed by atoms with Gasteiger partial charge in [0.2, 0.25) is 0 Å². The van der Waals surface area contributed by atoms with E-state index in [1.807, 2.05) is 12.1 Å². The Morgan fingerprint density at radius 3 is 1.16 bits per heavy atom. The van der Waals surface area contributed by atoms with Gasteiger partial charge in [0.25, 0.3) is 0 Å². The average molecular weight is 556 g/mol. The second kappa shape index (κ2) is 19.0. The average Bonchev–Trinajstić information content (AvgIpc) is 2.91. The maximum atomic E-state index is 10.2. The molecule has 0 saturated carbocycles. The number of aliphatic hydroxyl groups excluding tert-OH is 2. The first-order valence-corrected chi connectivity index (χ1v) is 10.3. The van der Waals surface area contributed by atoms with Gasteiger partial charge in [-0.05, 0) is 47.5 Å². The Morgan fingerprint density at radius 2 is 0.973 bits per heavy atom. The van der Waals surface area contributed by atoms with Crippen molar-refractivity contribution in [2.75, 3.05) is 0 Å². The van der Waals surface area contributed by atoms with E-state index in [-0.39, 0.29) is 52.9 Å². The van der Waals surface area contributed by atoms with Crippen molar-refractivity contribution < 1.29 is 57.3 Å². The number of rotatable bonds is 4. The molecule has 1 radical (unpaired) electrons. The summed E-state index contributed by atoms with van der Waals surface area (Å²) in [5, 5.41) is 55.0. The van der Waals surface area contributed by atoms with Gasteiger partial charge in [0.1, 0.15) is 11.5 Å². The molecular weight excluding hydrogens is 532 g/mol. The SMILES string of the molecule is O=C([O-])c1ccccc1O.O=C([O-])c1ccccc1O.OCc1cccnc1.OCc1cccnc1.[Cu+2]. The van der Waals surface area contributed by atoms with Gasteiger partial charge in [-0.25, -0.2) is 0 Å². The maximum Gasteiger partial charge on any atom is 2.00 e. The minimum absolute atomic E-state index is 0. The van der Waals surface area contributed by atoms with Crippen molar-refractivity contribution >= 4 is 11.9 Å². The van der Waals surface area contributed by atoms with E-state index < -0.39 is 11.9 Å². The second-order valence-electron chi connectivity index (χ2n) is 6.65. The number of hydrogen-bond donors (Lipinski definition) is 4. The Kier molecular flexibility index (Phi) is 16.8. The van der Waals surface area contributed by atoms with Crippen LogP contribution in [0.5, 0.6) is 11.5 Å². The third-order valence-corrected chi connectivity index (χ3v) is 4.06. The topological polar surface area (TPSA) is 187 Å². The monoisotopic (exact) mass is 555 g/mol. The van der Waals surface area contributed by atoms with Crippen LogP contribution in [0.25, 0.3) is 0 Å². The van der Waals surface area contributed by atoms with E-state index in [1.165, 1.54) is 36.4 Å². The number of carboxylic acid groups (broad SMARTS) is 2. The molecule has 2 aromatic carbocycles. The third-order valence-electron chi connectivity index (χ3n) is 4.06. The van der Waals surface area contributed by atoms with Gasteiger partial charge in [0, 0.05) is 35.9 Å². The van der Waals surface area contributed by atoms with E-state index in [0.29, 0.717) is 0 Å². The number of phenols is 2. The Bertz CT molecular complexity index is 1100. The van der Waals surface area contributed by atoms with Crippen molar-refractivity contribution in [3.05, 3.63) is 120 Å². The quantitative estimate of drug-likeness (QED) is 0.260. The number of aliphatic hydroxyl groups is 2. The van der Waals surface area contributed by atoms with Gasteiger partial charge < -0.3 is 40.2 Å². The first kappa shape index (κ1) is 32.7. The van der Waals surface area contributed by atoms with Crippen molar-refractivity contribution in [3.8, 4) is 11.5 Å². The zero-order valence-corrected chi connectivity index (χ0v) is 20.2. The van der Waals surface area contributed by atoms with Crippen molar-refractivity contribution in [1.29, 1.82) is 0 Å². The Morgan fingerprint density at radius 1 is 0.622 bits per heavy atom. The summed E-state index contributed by atoms with van der Waals surface area (Å²) >= 11 is 0. The summed E-state index contributed by atoms with van der Waals surface area (Å²) in [4.78, 5) is 27.9. The molecule has 4 rings (SSSR count). The standard InChI is InChI=1S/2C7H6O3.2C6H7NO.Cu/c2*8-6-4-2-1-3-5(6)7(9)10;2*8-5-6-2-1-3-7-4-6;/h2*1-4,8H,(H,9,10);2*1-4,8H,5H2;/q;;;;+2/p-2. The number of carbonyl (C=O) groups is 2. The second-order valence-corrected chi connectivity index (χ2v) is 6.65. The molecule has 2 heterocycles. The molecular formula is C26H24CuN2O8. The largest absolute Gasteiger partial charge is 2.00 e. The van der Waals surface area contributed by atoms with Crippen molar-refractivity contribution in [2.45, 2.75) is 13.2 Å². The molecule has 37 heavy (non-hydrogen) atoms. The van der Waals surface area contributed by atoms with Crippen LogP contribution >= 0.6 is 0 Å². The molecule has 11 heteroatoms. The molecule has 10 nitrogen and oxygen atoms in total. The van der Waals surface area contributed by atoms with Gasteiger partial charge >= 0.3 is 17.1 Å². The Hall–Kier alpha value is -4.28. The van der Waals surface area contributed by atoms with E-state index in [4.69, 9.17) is 20.4 Å². The first-order chi connectivity index (χ1) is 17.3. The minimum atomic E-state index is -1.36. The molecule has 0 aliphatic rings. The summed E-state index contributed by atoms with van der Waals surface area (Å²) in [6, 6.07) is 18.5. The molecule has 0 aliphatic carbocycles. The zero-order chi connectivity index (χ0) is 26.8. The molecule has 4 N–H and O–H groups in total. The predicted octanol–water partition coefficient (Wildman–Crippen LogP) is 0.657. The van der Waals surface area contributed by atoms with Gasteiger partial charge in [0.15, 0.2) is 0 Å². The van der Waals surface area contributed by atoms with Crippen LogP contribution in [0.15, 0.2) is 97.6 Å². The number of benzene rings is 2. The number of pyridine rings is 2. The third kappa shape index (κ3) is 13.4. The van der Waals surface area contributed by atoms with Crippen LogP contribution in [0.3, 0.4) is 0 Å². The van der Waals surface area contributed by atoms with Gasteiger partial charge in [-0.15, -0.1) is 0 Å². The van der Waals surface area contributed by atoms with Crippen LogP contribution in [0, 0.1) is 0 Å². The summed E-state index contributed by atoms with van der Waals surface area (Å²) < 4.78 is 0.